The van der Waals surface area contributed by atoms with E-state index in [0.717, 1.165) is 0 Å². The van der Waals surface area contributed by atoms with Gasteiger partial charge in [0, 0.05) is 18.3 Å². The first kappa shape index (κ1) is 13.3. The molecule has 0 aliphatic carbocycles. The number of hydrogen-bond donors (Lipinski definition) is 4. The van der Waals surface area contributed by atoms with E-state index in [2.05, 4.69) is 5.32 Å². The lowest BCUT2D eigenvalue weighted by atomic mass is 10.1. The van der Waals surface area contributed by atoms with Crippen molar-refractivity contribution in [3.8, 4) is 5.75 Å². The van der Waals surface area contributed by atoms with Crippen molar-refractivity contribution in [1.29, 1.82) is 0 Å². The standard InChI is InChI=1S/C11H16N2O4/c1-17-8-2-3-9(10(12)4-8)11(16)13-5-7(15)6-14/h2-4,7,14-15H,5-6,12H2,1H3,(H,13,16). The van der Waals surface area contributed by atoms with Crippen LogP contribution in [0.4, 0.5) is 5.69 Å². The van der Waals surface area contributed by atoms with Crippen LogP contribution in [0, 0.1) is 0 Å². The van der Waals surface area contributed by atoms with Crippen molar-refractivity contribution in [2.45, 2.75) is 6.10 Å². The van der Waals surface area contributed by atoms with Crippen molar-refractivity contribution in [2.75, 3.05) is 26.0 Å². The summed E-state index contributed by atoms with van der Waals surface area (Å²) in [4.78, 5) is 11.7. The van der Waals surface area contributed by atoms with E-state index in [1.54, 1.807) is 6.07 Å². The van der Waals surface area contributed by atoms with Crippen LogP contribution in [0.25, 0.3) is 0 Å². The van der Waals surface area contributed by atoms with Gasteiger partial charge in [0.15, 0.2) is 0 Å². The van der Waals surface area contributed by atoms with Gasteiger partial charge in [-0.2, -0.15) is 0 Å². The summed E-state index contributed by atoms with van der Waals surface area (Å²) >= 11 is 0. The molecule has 0 bridgehead atoms. The first-order valence-corrected chi connectivity index (χ1v) is 5.09. The molecule has 1 aromatic carbocycles. The summed E-state index contributed by atoms with van der Waals surface area (Å²) in [5.41, 5.74) is 6.28. The highest BCUT2D eigenvalue weighted by molar-refractivity contribution is 5.99. The number of methoxy groups -OCH3 is 1. The molecule has 6 nitrogen and oxygen atoms in total. The molecule has 1 aromatic rings. The van der Waals surface area contributed by atoms with E-state index in [1.165, 1.54) is 19.2 Å². The van der Waals surface area contributed by atoms with E-state index >= 15 is 0 Å². The van der Waals surface area contributed by atoms with Gasteiger partial charge in [0.05, 0.1) is 25.4 Å². The largest absolute Gasteiger partial charge is 0.497 e. The van der Waals surface area contributed by atoms with E-state index in [9.17, 15) is 4.79 Å². The number of aliphatic hydroxyl groups excluding tert-OH is 2. The van der Waals surface area contributed by atoms with Crippen LogP contribution in [0.15, 0.2) is 18.2 Å². The summed E-state index contributed by atoms with van der Waals surface area (Å²) in [5.74, 6) is 0.159. The molecule has 0 saturated heterocycles. The number of rotatable bonds is 5. The molecule has 0 radical (unpaired) electrons. The molecule has 0 aromatic heterocycles. The highest BCUT2D eigenvalue weighted by Gasteiger charge is 2.11. The van der Waals surface area contributed by atoms with E-state index in [1.807, 2.05) is 0 Å². The number of nitrogens with two attached hydrogens (primary N) is 1. The lowest BCUT2D eigenvalue weighted by Crippen LogP contribution is -2.34. The zero-order valence-electron chi connectivity index (χ0n) is 9.51. The lowest BCUT2D eigenvalue weighted by Gasteiger charge is -2.11. The van der Waals surface area contributed by atoms with E-state index < -0.39 is 18.6 Å². The van der Waals surface area contributed by atoms with Crippen LogP contribution in [0.1, 0.15) is 10.4 Å². The van der Waals surface area contributed by atoms with Crippen LogP contribution in [0.3, 0.4) is 0 Å². The third-order valence-electron chi connectivity index (χ3n) is 2.21. The molecular formula is C11H16N2O4. The Hall–Kier alpha value is -1.79. The molecule has 1 unspecified atom stereocenters. The third kappa shape index (κ3) is 3.61. The average Bonchev–Trinajstić information content (AvgIpc) is 2.35. The summed E-state index contributed by atoms with van der Waals surface area (Å²) in [6, 6.07) is 4.69. The van der Waals surface area contributed by atoms with Gasteiger partial charge in [0.2, 0.25) is 0 Å². The molecule has 94 valence electrons. The number of nitrogens with one attached hydrogen (secondary N) is 1. The molecule has 5 N–H and O–H groups in total. The topological polar surface area (TPSA) is 105 Å². The second-order valence-corrected chi connectivity index (χ2v) is 3.50. The van der Waals surface area contributed by atoms with Crippen LogP contribution in [-0.4, -0.2) is 42.5 Å². The van der Waals surface area contributed by atoms with Gasteiger partial charge in [0.1, 0.15) is 5.75 Å². The van der Waals surface area contributed by atoms with Gasteiger partial charge >= 0.3 is 0 Å². The average molecular weight is 240 g/mol. The first-order valence-electron chi connectivity index (χ1n) is 5.09. The SMILES string of the molecule is COc1ccc(C(=O)NCC(O)CO)c(N)c1. The van der Waals surface area contributed by atoms with Crippen molar-refractivity contribution in [3.05, 3.63) is 23.8 Å². The van der Waals surface area contributed by atoms with Crippen LogP contribution in [0.2, 0.25) is 0 Å². The van der Waals surface area contributed by atoms with Gasteiger partial charge in [-0.05, 0) is 12.1 Å². The zero-order valence-corrected chi connectivity index (χ0v) is 9.51. The minimum atomic E-state index is -0.974. The summed E-state index contributed by atoms with van der Waals surface area (Å²) < 4.78 is 4.96. The Morgan fingerprint density at radius 1 is 1.59 bits per heavy atom. The normalized spacial score (nSPS) is 11.9. The fourth-order valence-corrected chi connectivity index (χ4v) is 1.24. The van der Waals surface area contributed by atoms with Gasteiger partial charge in [-0.25, -0.2) is 0 Å². The Balaban J connectivity index is 2.69. The molecule has 0 saturated carbocycles. The first-order chi connectivity index (χ1) is 8.08. The molecule has 0 heterocycles. The molecule has 17 heavy (non-hydrogen) atoms. The van der Waals surface area contributed by atoms with Crippen LogP contribution < -0.4 is 15.8 Å². The molecule has 0 fully saturated rings. The Bertz CT molecular complexity index is 395. The second kappa shape index (κ2) is 6.07. The van der Waals surface area contributed by atoms with E-state index in [4.69, 9.17) is 20.7 Å². The summed E-state index contributed by atoms with van der Waals surface area (Å²) in [6.45, 7) is -0.431. The zero-order chi connectivity index (χ0) is 12.8. The van der Waals surface area contributed by atoms with E-state index in [-0.39, 0.29) is 6.54 Å². The molecule has 0 spiro atoms. The maximum atomic E-state index is 11.7. The number of nitrogen functional groups attached to an aromatic ring is 1. The maximum Gasteiger partial charge on any atom is 0.253 e. The lowest BCUT2D eigenvalue weighted by molar-refractivity contribution is 0.0802. The van der Waals surface area contributed by atoms with Crippen molar-refractivity contribution < 1.29 is 19.7 Å². The van der Waals surface area contributed by atoms with Crippen LogP contribution in [-0.2, 0) is 0 Å². The number of amides is 1. The highest BCUT2D eigenvalue weighted by atomic mass is 16.5. The van der Waals surface area contributed by atoms with Gasteiger partial charge in [0.25, 0.3) is 5.91 Å². The summed E-state index contributed by atoms with van der Waals surface area (Å²) in [7, 11) is 1.51. The molecule has 0 aliphatic rings. The Labute approximate surface area is 99.0 Å². The van der Waals surface area contributed by atoms with Crippen molar-refractivity contribution in [2.24, 2.45) is 0 Å². The number of anilines is 1. The number of aliphatic hydroxyl groups is 2. The third-order valence-corrected chi connectivity index (χ3v) is 2.21. The molecular weight excluding hydrogens is 224 g/mol. The molecule has 1 amide bonds. The Kier molecular flexibility index (Phi) is 4.74. The van der Waals surface area contributed by atoms with Gasteiger partial charge < -0.3 is 26.0 Å². The van der Waals surface area contributed by atoms with Crippen molar-refractivity contribution in [3.63, 3.8) is 0 Å². The predicted molar refractivity (Wildman–Crippen MR) is 62.8 cm³/mol. The smallest absolute Gasteiger partial charge is 0.253 e. The molecule has 0 aliphatic heterocycles. The summed E-state index contributed by atoms with van der Waals surface area (Å²) in [6.07, 6.45) is -0.974. The van der Waals surface area contributed by atoms with Crippen LogP contribution >= 0.6 is 0 Å². The monoisotopic (exact) mass is 240 g/mol. The number of carbonyl (C=O) groups excluding carboxylic acids is 1. The minimum absolute atomic E-state index is 0.0270. The predicted octanol–water partition coefficient (Wildman–Crippen LogP) is -0.640. The number of carbonyl (C=O) groups is 1. The quantitative estimate of drug-likeness (QED) is 0.512. The van der Waals surface area contributed by atoms with Crippen molar-refractivity contribution in [1.82, 2.24) is 5.32 Å². The van der Waals surface area contributed by atoms with Crippen molar-refractivity contribution >= 4 is 11.6 Å². The fourth-order valence-electron chi connectivity index (χ4n) is 1.24. The van der Waals surface area contributed by atoms with Crippen LogP contribution in [0.5, 0.6) is 5.75 Å². The Morgan fingerprint density at radius 3 is 2.82 bits per heavy atom. The molecule has 1 rings (SSSR count). The number of ether oxygens (including phenoxy) is 1. The van der Waals surface area contributed by atoms with Gasteiger partial charge in [-0.1, -0.05) is 0 Å². The molecule has 1 atom stereocenters. The minimum Gasteiger partial charge on any atom is -0.497 e. The number of hydrogen-bond acceptors (Lipinski definition) is 5. The molecule has 6 heteroatoms. The number of benzene rings is 1. The summed E-state index contributed by atoms with van der Waals surface area (Å²) in [5, 5.41) is 20.1. The van der Waals surface area contributed by atoms with E-state index in [0.29, 0.717) is 17.0 Å². The fraction of sp³-hybridized carbons (Fsp3) is 0.364. The second-order valence-electron chi connectivity index (χ2n) is 3.50. The maximum absolute atomic E-state index is 11.7. The van der Waals surface area contributed by atoms with Gasteiger partial charge in [-0.15, -0.1) is 0 Å². The highest BCUT2D eigenvalue weighted by Crippen LogP contribution is 2.19. The Morgan fingerprint density at radius 2 is 2.29 bits per heavy atom. The van der Waals surface area contributed by atoms with Gasteiger partial charge in [-0.3, -0.25) is 4.79 Å².